The molecule has 4 rings (SSSR count). The molecule has 39 heavy (non-hydrogen) atoms. The summed E-state index contributed by atoms with van der Waals surface area (Å²) in [6.07, 6.45) is 10.0. The molecule has 220 valence electrons. The zero-order chi connectivity index (χ0) is 27.9. The van der Waals surface area contributed by atoms with Crippen LogP contribution in [-0.4, -0.2) is 72.8 Å². The van der Waals surface area contributed by atoms with Gasteiger partial charge in [0, 0.05) is 43.2 Å². The number of rotatable bonds is 15. The second-order valence-corrected chi connectivity index (χ2v) is 13.4. The SMILES string of the molecule is CC(C)N[C@H]1C[C@H](Oc2cccc(C(C)CCC(C)N[C@H]3C[C@H](OC4CCN(CC(=O)C(C)C)CC4)C3)c2)C1. The van der Waals surface area contributed by atoms with Crippen LogP contribution >= 0.6 is 0 Å². The van der Waals surface area contributed by atoms with Gasteiger partial charge >= 0.3 is 0 Å². The number of Topliss-reactive ketones (excluding diaryl/α,β-unsaturated/α-hetero) is 1. The molecule has 1 aromatic rings. The smallest absolute Gasteiger partial charge is 0.149 e. The third-order valence-corrected chi connectivity index (χ3v) is 8.98. The summed E-state index contributed by atoms with van der Waals surface area (Å²) in [5.41, 5.74) is 1.38. The van der Waals surface area contributed by atoms with E-state index in [1.54, 1.807) is 0 Å². The van der Waals surface area contributed by atoms with E-state index in [0.717, 1.165) is 57.4 Å². The van der Waals surface area contributed by atoms with Crippen LogP contribution in [0.2, 0.25) is 0 Å². The van der Waals surface area contributed by atoms with Gasteiger partial charge in [0.1, 0.15) is 17.6 Å². The maximum atomic E-state index is 12.0. The summed E-state index contributed by atoms with van der Waals surface area (Å²) in [5.74, 6) is 2.03. The lowest BCUT2D eigenvalue weighted by Gasteiger charge is -2.41. The van der Waals surface area contributed by atoms with E-state index >= 15 is 0 Å². The van der Waals surface area contributed by atoms with Crippen molar-refractivity contribution in [1.29, 1.82) is 0 Å². The molecule has 0 amide bonds. The van der Waals surface area contributed by atoms with Crippen molar-refractivity contribution in [3.63, 3.8) is 0 Å². The van der Waals surface area contributed by atoms with Crippen molar-refractivity contribution in [1.82, 2.24) is 15.5 Å². The van der Waals surface area contributed by atoms with Crippen LogP contribution in [0.5, 0.6) is 5.75 Å². The molecule has 1 aromatic carbocycles. The van der Waals surface area contributed by atoms with Gasteiger partial charge < -0.3 is 20.1 Å². The number of hydrogen-bond donors (Lipinski definition) is 2. The first-order valence-corrected chi connectivity index (χ1v) is 15.8. The minimum absolute atomic E-state index is 0.132. The fourth-order valence-electron chi connectivity index (χ4n) is 6.20. The number of piperidine rings is 1. The van der Waals surface area contributed by atoms with E-state index in [9.17, 15) is 4.79 Å². The van der Waals surface area contributed by atoms with E-state index in [4.69, 9.17) is 9.47 Å². The Kier molecular flexibility index (Phi) is 11.3. The van der Waals surface area contributed by atoms with Gasteiger partial charge in [0.2, 0.25) is 0 Å². The van der Waals surface area contributed by atoms with Gasteiger partial charge in [-0.2, -0.15) is 0 Å². The highest BCUT2D eigenvalue weighted by molar-refractivity contribution is 5.82. The summed E-state index contributed by atoms with van der Waals surface area (Å²) in [6, 6.07) is 11.0. The molecule has 6 nitrogen and oxygen atoms in total. The lowest BCUT2D eigenvalue weighted by molar-refractivity contribution is -0.124. The van der Waals surface area contributed by atoms with Gasteiger partial charge in [-0.25, -0.2) is 0 Å². The highest BCUT2D eigenvalue weighted by Crippen LogP contribution is 2.31. The fraction of sp³-hybridized carbons (Fsp3) is 0.788. The molecule has 6 heteroatoms. The van der Waals surface area contributed by atoms with Gasteiger partial charge in [0.25, 0.3) is 0 Å². The van der Waals surface area contributed by atoms with Gasteiger partial charge in [0.05, 0.1) is 18.8 Å². The molecule has 2 unspecified atom stereocenters. The Balaban J connectivity index is 1.07. The first kappa shape index (κ1) is 30.5. The molecular weight excluding hydrogens is 486 g/mol. The molecule has 3 aliphatic rings. The number of benzene rings is 1. The van der Waals surface area contributed by atoms with Crippen molar-refractivity contribution in [2.75, 3.05) is 19.6 Å². The second kappa shape index (κ2) is 14.4. The molecule has 1 heterocycles. The van der Waals surface area contributed by atoms with E-state index in [2.05, 4.69) is 67.5 Å². The topological polar surface area (TPSA) is 62.8 Å². The third-order valence-electron chi connectivity index (χ3n) is 8.98. The molecule has 2 atom stereocenters. The molecule has 1 saturated heterocycles. The predicted octanol–water partition coefficient (Wildman–Crippen LogP) is 5.69. The zero-order valence-corrected chi connectivity index (χ0v) is 25.5. The summed E-state index contributed by atoms with van der Waals surface area (Å²) in [5, 5.41) is 7.44. The number of nitrogens with zero attached hydrogens (tertiary/aromatic N) is 1. The number of ketones is 1. The predicted molar refractivity (Wildman–Crippen MR) is 160 cm³/mol. The van der Waals surface area contributed by atoms with Crippen LogP contribution in [0.3, 0.4) is 0 Å². The molecule has 2 aliphatic carbocycles. The molecule has 0 radical (unpaired) electrons. The summed E-state index contributed by atoms with van der Waals surface area (Å²) < 4.78 is 12.7. The number of likely N-dealkylation sites (tertiary alicyclic amines) is 1. The van der Waals surface area contributed by atoms with E-state index in [1.165, 1.54) is 18.4 Å². The Labute approximate surface area is 238 Å². The van der Waals surface area contributed by atoms with Crippen molar-refractivity contribution in [2.45, 2.75) is 141 Å². The zero-order valence-electron chi connectivity index (χ0n) is 25.5. The highest BCUT2D eigenvalue weighted by atomic mass is 16.5. The highest BCUT2D eigenvalue weighted by Gasteiger charge is 2.34. The van der Waals surface area contributed by atoms with Crippen molar-refractivity contribution in [3.05, 3.63) is 29.8 Å². The minimum atomic E-state index is 0.132. The summed E-state index contributed by atoms with van der Waals surface area (Å²) in [4.78, 5) is 14.3. The molecule has 0 spiro atoms. The lowest BCUT2D eigenvalue weighted by atomic mass is 9.87. The van der Waals surface area contributed by atoms with Gasteiger partial charge in [-0.1, -0.05) is 46.8 Å². The van der Waals surface area contributed by atoms with E-state index in [-0.39, 0.29) is 5.92 Å². The monoisotopic (exact) mass is 541 g/mol. The van der Waals surface area contributed by atoms with Crippen molar-refractivity contribution >= 4 is 5.78 Å². The quantitative estimate of drug-likeness (QED) is 0.297. The van der Waals surface area contributed by atoms with Crippen LogP contribution < -0.4 is 15.4 Å². The Morgan fingerprint density at radius 1 is 0.897 bits per heavy atom. The number of hydrogen-bond acceptors (Lipinski definition) is 6. The molecule has 1 aliphatic heterocycles. The lowest BCUT2D eigenvalue weighted by Crippen LogP contribution is -2.50. The first-order valence-electron chi connectivity index (χ1n) is 15.8. The normalized spacial score (nSPS) is 27.7. The van der Waals surface area contributed by atoms with Crippen LogP contribution in [0.1, 0.15) is 104 Å². The van der Waals surface area contributed by atoms with Crippen LogP contribution in [-0.2, 0) is 9.53 Å². The van der Waals surface area contributed by atoms with Crippen LogP contribution in [0.4, 0.5) is 0 Å². The largest absolute Gasteiger partial charge is 0.490 e. The molecule has 0 aromatic heterocycles. The standard InChI is InChI=1S/C33H55N3O3/c1-22(2)33(37)21-36-14-12-29(13-15-36)38-31-19-28(20-31)35-25(6)11-10-24(5)26-8-7-9-30(16-26)39-32-17-27(18-32)34-23(3)4/h7-9,16,22-25,27-29,31-32,34-35H,10-15,17-21H2,1-6H3/t24?,25?,27-,28-,31-,32-. The Morgan fingerprint density at radius 3 is 2.23 bits per heavy atom. The van der Waals surface area contributed by atoms with Gasteiger partial charge in [-0.15, -0.1) is 0 Å². The van der Waals surface area contributed by atoms with Crippen molar-refractivity contribution in [3.8, 4) is 5.75 Å². The van der Waals surface area contributed by atoms with E-state index in [1.807, 2.05) is 13.8 Å². The second-order valence-electron chi connectivity index (χ2n) is 13.4. The van der Waals surface area contributed by atoms with E-state index in [0.29, 0.717) is 60.7 Å². The maximum absolute atomic E-state index is 12.0. The van der Waals surface area contributed by atoms with Crippen LogP contribution in [0.15, 0.2) is 24.3 Å². The fourth-order valence-corrected chi connectivity index (χ4v) is 6.20. The number of carbonyl (C=O) groups is 1. The van der Waals surface area contributed by atoms with Gasteiger partial charge in [-0.3, -0.25) is 9.69 Å². The Bertz CT molecular complexity index is 886. The summed E-state index contributed by atoms with van der Waals surface area (Å²) in [6.45, 7) is 15.6. The van der Waals surface area contributed by atoms with Crippen LogP contribution in [0, 0.1) is 5.92 Å². The number of nitrogens with one attached hydrogen (secondary N) is 2. The van der Waals surface area contributed by atoms with Crippen molar-refractivity contribution in [2.24, 2.45) is 5.92 Å². The average molecular weight is 542 g/mol. The molecule has 2 N–H and O–H groups in total. The summed E-state index contributed by atoms with van der Waals surface area (Å²) >= 11 is 0. The number of ether oxygens (including phenoxy) is 2. The Hall–Kier alpha value is -1.47. The maximum Gasteiger partial charge on any atom is 0.149 e. The van der Waals surface area contributed by atoms with E-state index < -0.39 is 0 Å². The van der Waals surface area contributed by atoms with Gasteiger partial charge in [-0.05, 0) is 81.9 Å². The third kappa shape index (κ3) is 9.55. The van der Waals surface area contributed by atoms with Gasteiger partial charge in [0.15, 0.2) is 0 Å². The number of carbonyl (C=O) groups excluding carboxylic acids is 1. The van der Waals surface area contributed by atoms with Crippen molar-refractivity contribution < 1.29 is 14.3 Å². The van der Waals surface area contributed by atoms with Crippen LogP contribution in [0.25, 0.3) is 0 Å². The first-order chi connectivity index (χ1) is 18.6. The minimum Gasteiger partial charge on any atom is -0.490 e. The average Bonchev–Trinajstić information content (AvgIpc) is 2.85. The molecule has 0 bridgehead atoms. The summed E-state index contributed by atoms with van der Waals surface area (Å²) in [7, 11) is 0. The Morgan fingerprint density at radius 2 is 1.56 bits per heavy atom. The molecule has 2 saturated carbocycles. The molecular formula is C33H55N3O3. The molecule has 3 fully saturated rings.